The molecule has 0 aliphatic rings. The van der Waals surface area contributed by atoms with Crippen molar-refractivity contribution in [3.8, 4) is 0 Å². The van der Waals surface area contributed by atoms with Crippen LogP contribution in [-0.2, 0) is 18.8 Å². The minimum atomic E-state index is 0.647. The zero-order valence-corrected chi connectivity index (χ0v) is 13.4. The van der Waals surface area contributed by atoms with Crippen LogP contribution in [0.1, 0.15) is 11.4 Å². The van der Waals surface area contributed by atoms with Gasteiger partial charge in [-0.05, 0) is 25.3 Å². The molecule has 0 aliphatic carbocycles. The van der Waals surface area contributed by atoms with Crippen molar-refractivity contribution in [3.05, 3.63) is 29.6 Å². The summed E-state index contributed by atoms with van der Waals surface area (Å²) in [4.78, 5) is 4.26. The third-order valence-electron chi connectivity index (χ3n) is 1.45. The minimum absolute atomic E-state index is 0.647. The van der Waals surface area contributed by atoms with Crippen molar-refractivity contribution in [3.63, 3.8) is 0 Å². The van der Waals surface area contributed by atoms with Gasteiger partial charge in [0, 0.05) is 5.69 Å². The Kier molecular flexibility index (Phi) is 10.2. The molecule has 1 heterocycles. The molecular formula is C9H11ClN3PtS2. The topological polar surface area (TPSA) is 37.3 Å². The number of nitrogens with one attached hydrogen (secondary N) is 1. The van der Waals surface area contributed by atoms with Crippen molar-refractivity contribution in [1.29, 1.82) is 0 Å². The van der Waals surface area contributed by atoms with Gasteiger partial charge in [0.2, 0.25) is 0 Å². The van der Waals surface area contributed by atoms with Gasteiger partial charge < -0.3 is 0 Å². The average molecular weight is 456 g/mol. The Bertz CT molecular complexity index is 360. The number of rotatable bonds is 2. The molecule has 0 aliphatic heterocycles. The SMILES string of the molecule is CSC(=S)NN=Cc1cccc(C)n1.[Cl][Pt]. The van der Waals surface area contributed by atoms with Crippen LogP contribution in [0.15, 0.2) is 23.3 Å². The van der Waals surface area contributed by atoms with E-state index in [-0.39, 0.29) is 0 Å². The van der Waals surface area contributed by atoms with E-state index < -0.39 is 0 Å². The fourth-order valence-corrected chi connectivity index (χ4v) is 1.03. The number of nitrogens with zero attached hydrogens (tertiary/aromatic N) is 2. The molecular weight excluding hydrogens is 445 g/mol. The third kappa shape index (κ3) is 7.33. The van der Waals surface area contributed by atoms with Gasteiger partial charge in [0.1, 0.15) is 0 Å². The molecule has 16 heavy (non-hydrogen) atoms. The Balaban J connectivity index is 0.00000106. The predicted octanol–water partition coefficient (Wildman–Crippen LogP) is 2.65. The van der Waals surface area contributed by atoms with Gasteiger partial charge in [0.25, 0.3) is 0 Å². The van der Waals surface area contributed by atoms with Gasteiger partial charge in [0.05, 0.1) is 11.9 Å². The third-order valence-corrected chi connectivity index (χ3v) is 2.50. The van der Waals surface area contributed by atoms with Gasteiger partial charge >= 0.3 is 28.2 Å². The monoisotopic (exact) mass is 455 g/mol. The van der Waals surface area contributed by atoms with E-state index in [2.05, 4.69) is 24.9 Å². The molecule has 1 aromatic rings. The van der Waals surface area contributed by atoms with E-state index in [4.69, 9.17) is 12.2 Å². The number of thioether (sulfide) groups is 1. The molecule has 0 fully saturated rings. The van der Waals surface area contributed by atoms with Gasteiger partial charge in [-0.15, -0.1) is 0 Å². The van der Waals surface area contributed by atoms with E-state index in [1.165, 1.54) is 11.8 Å². The molecule has 1 N–H and O–H groups in total. The summed E-state index contributed by atoms with van der Waals surface area (Å²) in [7, 11) is 4.61. The molecule has 0 saturated heterocycles. The number of hydrogen-bond acceptors (Lipinski definition) is 4. The Hall–Kier alpha value is 0.0383. The summed E-state index contributed by atoms with van der Waals surface area (Å²) in [5.41, 5.74) is 4.52. The first-order chi connectivity index (χ1) is 7.72. The summed E-state index contributed by atoms with van der Waals surface area (Å²) < 4.78 is 0.647. The summed E-state index contributed by atoms with van der Waals surface area (Å²) in [6.45, 7) is 1.94. The normalized spacial score (nSPS) is 9.56. The van der Waals surface area contributed by atoms with E-state index >= 15 is 0 Å². The first-order valence-corrected chi connectivity index (χ1v) is 8.60. The van der Waals surface area contributed by atoms with Crippen LogP contribution in [0.5, 0.6) is 0 Å². The first-order valence-electron chi connectivity index (χ1n) is 4.15. The second-order valence-corrected chi connectivity index (χ2v) is 4.05. The maximum atomic E-state index is 4.91. The van der Waals surface area contributed by atoms with Gasteiger partial charge in [-0.3, -0.25) is 10.4 Å². The molecule has 0 amide bonds. The molecule has 0 spiro atoms. The fraction of sp³-hybridized carbons (Fsp3) is 0.222. The standard InChI is InChI=1S/C9H11N3S2.ClH.Pt/c1-7-4-3-5-8(11-7)6-10-12-9(13)14-2;;/h3-6H,1-2H3,(H,12,13);1H;/q;;+1/p-1. The number of pyridine rings is 1. The van der Waals surface area contributed by atoms with Crippen molar-refractivity contribution in [2.75, 3.05) is 6.26 Å². The molecule has 0 bridgehead atoms. The van der Waals surface area contributed by atoms with Crippen LogP contribution in [0.4, 0.5) is 0 Å². The van der Waals surface area contributed by atoms with E-state index in [1.54, 1.807) is 25.0 Å². The number of halogens is 1. The van der Waals surface area contributed by atoms with Gasteiger partial charge in [-0.25, -0.2) is 0 Å². The van der Waals surface area contributed by atoms with Gasteiger partial charge in [-0.2, -0.15) is 5.10 Å². The molecule has 0 atom stereocenters. The van der Waals surface area contributed by atoms with Crippen LogP contribution in [-0.4, -0.2) is 21.8 Å². The molecule has 1 rings (SSSR count). The predicted molar refractivity (Wildman–Crippen MR) is 71.7 cm³/mol. The van der Waals surface area contributed by atoms with Crippen molar-refractivity contribution in [2.24, 2.45) is 5.10 Å². The van der Waals surface area contributed by atoms with E-state index in [9.17, 15) is 0 Å². The fourth-order valence-electron chi connectivity index (χ4n) is 0.833. The number of thiocarbonyl (C=S) groups is 1. The molecule has 7 heteroatoms. The van der Waals surface area contributed by atoms with E-state index in [1.807, 2.05) is 31.4 Å². The summed E-state index contributed by atoms with van der Waals surface area (Å²) in [5, 5.41) is 3.95. The Morgan fingerprint density at radius 2 is 2.31 bits per heavy atom. The summed E-state index contributed by atoms with van der Waals surface area (Å²) in [5.74, 6) is 0. The summed E-state index contributed by atoms with van der Waals surface area (Å²) >= 11 is 7.97. The van der Waals surface area contributed by atoms with Crippen LogP contribution in [0.2, 0.25) is 0 Å². The first kappa shape index (κ1) is 16.0. The van der Waals surface area contributed by atoms with Crippen LogP contribution in [0, 0.1) is 6.92 Å². The number of aromatic nitrogens is 1. The second kappa shape index (κ2) is 10.2. The van der Waals surface area contributed by atoms with Crippen molar-refractivity contribution >= 4 is 43.9 Å². The number of hydrogen-bond donors (Lipinski definition) is 1. The molecule has 0 aromatic carbocycles. The molecule has 0 radical (unpaired) electrons. The number of hydrazone groups is 1. The van der Waals surface area contributed by atoms with Gasteiger partial charge in [-0.1, -0.05) is 30.0 Å². The Labute approximate surface area is 120 Å². The Morgan fingerprint density at radius 1 is 1.62 bits per heavy atom. The molecule has 91 valence electrons. The molecule has 1 aromatic heterocycles. The van der Waals surface area contributed by atoms with Crippen molar-refractivity contribution < 1.29 is 18.8 Å². The summed E-state index contributed by atoms with van der Waals surface area (Å²) in [6.07, 6.45) is 3.55. The molecule has 0 saturated carbocycles. The maximum absolute atomic E-state index is 4.91. The van der Waals surface area contributed by atoms with Crippen LogP contribution in [0.3, 0.4) is 0 Å². The zero-order chi connectivity index (χ0) is 12.4. The van der Waals surface area contributed by atoms with Crippen molar-refractivity contribution in [1.82, 2.24) is 10.4 Å². The number of aryl methyl sites for hydroxylation is 1. The summed E-state index contributed by atoms with van der Waals surface area (Å²) in [6, 6.07) is 5.77. The quantitative estimate of drug-likeness (QED) is 0.423. The van der Waals surface area contributed by atoms with Crippen LogP contribution < -0.4 is 5.43 Å². The second-order valence-electron chi connectivity index (χ2n) is 2.57. The van der Waals surface area contributed by atoms with E-state index in [0.717, 1.165) is 11.4 Å². The van der Waals surface area contributed by atoms with Crippen molar-refractivity contribution in [2.45, 2.75) is 6.92 Å². The molecule has 3 nitrogen and oxygen atoms in total. The molecule has 0 unspecified atom stereocenters. The Morgan fingerprint density at radius 3 is 2.88 bits per heavy atom. The zero-order valence-electron chi connectivity index (χ0n) is 8.71. The van der Waals surface area contributed by atoms with Crippen LogP contribution in [0.25, 0.3) is 0 Å². The van der Waals surface area contributed by atoms with Crippen LogP contribution >= 0.6 is 33.4 Å². The van der Waals surface area contributed by atoms with E-state index in [0.29, 0.717) is 4.32 Å². The van der Waals surface area contributed by atoms with Gasteiger partial charge in [0.15, 0.2) is 4.32 Å². The average Bonchev–Trinajstić information content (AvgIpc) is 2.31.